The Morgan fingerprint density at radius 3 is 2.31 bits per heavy atom. The van der Waals surface area contributed by atoms with Crippen molar-refractivity contribution < 1.29 is 18.3 Å². The van der Waals surface area contributed by atoms with Gasteiger partial charge in [0.2, 0.25) is 5.88 Å². The molecule has 138 valence electrons. The summed E-state index contributed by atoms with van der Waals surface area (Å²) in [7, 11) is 0. The van der Waals surface area contributed by atoms with Gasteiger partial charge in [-0.2, -0.15) is 13.2 Å². The minimum atomic E-state index is -4.35. The van der Waals surface area contributed by atoms with Crippen LogP contribution < -0.4 is 10.2 Å². The first-order valence-electron chi connectivity index (χ1n) is 7.96. The van der Waals surface area contributed by atoms with E-state index in [1.165, 1.54) is 12.1 Å². The van der Waals surface area contributed by atoms with E-state index in [4.69, 9.17) is 12.2 Å². The summed E-state index contributed by atoms with van der Waals surface area (Å²) in [5.74, 6) is -0.0237. The topological polar surface area (TPSA) is 51.6 Å². The Kier molecular flexibility index (Phi) is 5.17. The number of aromatic nitrogens is 1. The lowest BCUT2D eigenvalue weighted by Crippen LogP contribution is -2.50. The molecule has 0 unspecified atom stereocenters. The van der Waals surface area contributed by atoms with Crippen LogP contribution in [0.15, 0.2) is 42.6 Å². The van der Waals surface area contributed by atoms with Gasteiger partial charge >= 0.3 is 6.18 Å². The standard InChI is InChI=1S/C17H17F3N4OS/c18-17(19,20)12-1-3-13(4-2-12)22-16(26)24-9-7-23(8-10-24)14-5-6-21-15(25)11-14/h1-6,11H,7-10H2,(H,21,25)(H,22,26). The number of thiocarbonyl (C=S) groups is 1. The third kappa shape index (κ3) is 4.34. The van der Waals surface area contributed by atoms with Crippen LogP contribution in [0, 0.1) is 0 Å². The van der Waals surface area contributed by atoms with Crippen LogP contribution in [0.4, 0.5) is 24.5 Å². The summed E-state index contributed by atoms with van der Waals surface area (Å²) in [5.41, 5.74) is 0.714. The number of halogens is 3. The zero-order chi connectivity index (χ0) is 18.7. The molecule has 0 aliphatic carbocycles. The SMILES string of the molecule is Oc1cc(N2CCN(C(=S)Nc3ccc(C(F)(F)F)cc3)CC2)ccn1. The minimum absolute atomic E-state index is 0.0237. The van der Waals surface area contributed by atoms with Crippen molar-refractivity contribution in [1.29, 1.82) is 0 Å². The molecule has 9 heteroatoms. The molecule has 0 amide bonds. The molecule has 1 aliphatic heterocycles. The van der Waals surface area contributed by atoms with Crippen molar-refractivity contribution in [3.8, 4) is 5.88 Å². The summed E-state index contributed by atoms with van der Waals surface area (Å²) in [6, 6.07) is 8.22. The number of hydrogen-bond donors (Lipinski definition) is 2. The summed E-state index contributed by atoms with van der Waals surface area (Å²) in [4.78, 5) is 7.84. The van der Waals surface area contributed by atoms with Crippen molar-refractivity contribution in [3.63, 3.8) is 0 Å². The molecule has 2 heterocycles. The molecule has 0 atom stereocenters. The molecular weight excluding hydrogens is 365 g/mol. The maximum absolute atomic E-state index is 12.6. The molecule has 1 aromatic carbocycles. The molecule has 0 radical (unpaired) electrons. The van der Waals surface area contributed by atoms with Gasteiger partial charge in [-0.1, -0.05) is 0 Å². The average Bonchev–Trinajstić information content (AvgIpc) is 2.61. The Balaban J connectivity index is 1.55. The highest BCUT2D eigenvalue weighted by molar-refractivity contribution is 7.80. The van der Waals surface area contributed by atoms with E-state index in [9.17, 15) is 18.3 Å². The molecule has 1 saturated heterocycles. The minimum Gasteiger partial charge on any atom is -0.493 e. The first-order valence-corrected chi connectivity index (χ1v) is 8.37. The fourth-order valence-electron chi connectivity index (χ4n) is 2.72. The predicted octanol–water partition coefficient (Wildman–Crippen LogP) is 3.33. The van der Waals surface area contributed by atoms with Crippen molar-refractivity contribution in [2.24, 2.45) is 0 Å². The molecule has 0 spiro atoms. The average molecular weight is 382 g/mol. The van der Waals surface area contributed by atoms with E-state index in [2.05, 4.69) is 15.2 Å². The summed E-state index contributed by atoms with van der Waals surface area (Å²) >= 11 is 5.36. The molecule has 3 rings (SSSR count). The summed E-state index contributed by atoms with van der Waals surface area (Å²) in [5, 5.41) is 12.9. The Bertz CT molecular complexity index is 774. The lowest BCUT2D eigenvalue weighted by Gasteiger charge is -2.37. The monoisotopic (exact) mass is 382 g/mol. The third-order valence-electron chi connectivity index (χ3n) is 4.12. The largest absolute Gasteiger partial charge is 0.493 e. The first kappa shape index (κ1) is 18.2. The van der Waals surface area contributed by atoms with Gasteiger partial charge in [-0.3, -0.25) is 0 Å². The van der Waals surface area contributed by atoms with Gasteiger partial charge in [0, 0.05) is 49.8 Å². The van der Waals surface area contributed by atoms with Crippen molar-refractivity contribution in [2.45, 2.75) is 6.18 Å². The summed E-state index contributed by atoms with van der Waals surface area (Å²) < 4.78 is 37.8. The number of pyridine rings is 1. The number of nitrogens with one attached hydrogen (secondary N) is 1. The van der Waals surface area contributed by atoms with E-state index >= 15 is 0 Å². The van der Waals surface area contributed by atoms with Crippen LogP contribution in [-0.2, 0) is 6.18 Å². The summed E-state index contributed by atoms with van der Waals surface area (Å²) in [6.07, 6.45) is -2.80. The van der Waals surface area contributed by atoms with Crippen molar-refractivity contribution in [1.82, 2.24) is 9.88 Å². The fourth-order valence-corrected chi connectivity index (χ4v) is 3.02. The van der Waals surface area contributed by atoms with Crippen LogP contribution in [0.1, 0.15) is 5.56 Å². The second-order valence-corrected chi connectivity index (χ2v) is 6.24. The molecule has 1 fully saturated rings. The van der Waals surface area contributed by atoms with E-state index in [1.807, 2.05) is 11.0 Å². The molecule has 1 aromatic heterocycles. The number of aromatic hydroxyl groups is 1. The van der Waals surface area contributed by atoms with Crippen LogP contribution in [0.2, 0.25) is 0 Å². The summed E-state index contributed by atoms with van der Waals surface area (Å²) in [6.45, 7) is 2.74. The molecule has 0 bridgehead atoms. The van der Waals surface area contributed by atoms with Gasteiger partial charge in [0.1, 0.15) is 0 Å². The molecule has 2 N–H and O–H groups in total. The van der Waals surface area contributed by atoms with Gasteiger partial charge in [-0.05, 0) is 42.5 Å². The van der Waals surface area contributed by atoms with Crippen LogP contribution >= 0.6 is 12.2 Å². The fraction of sp³-hybridized carbons (Fsp3) is 0.294. The number of alkyl halides is 3. The number of hydrogen-bond acceptors (Lipinski definition) is 4. The highest BCUT2D eigenvalue weighted by atomic mass is 32.1. The smallest absolute Gasteiger partial charge is 0.416 e. The van der Waals surface area contributed by atoms with Gasteiger partial charge in [-0.15, -0.1) is 0 Å². The lowest BCUT2D eigenvalue weighted by atomic mass is 10.2. The normalized spacial score (nSPS) is 15.0. The maximum Gasteiger partial charge on any atom is 0.416 e. The molecule has 26 heavy (non-hydrogen) atoms. The Labute approximate surface area is 154 Å². The van der Waals surface area contributed by atoms with E-state index in [-0.39, 0.29) is 5.88 Å². The van der Waals surface area contributed by atoms with Crippen LogP contribution in [0.3, 0.4) is 0 Å². The van der Waals surface area contributed by atoms with Gasteiger partial charge in [0.15, 0.2) is 5.11 Å². The van der Waals surface area contributed by atoms with Gasteiger partial charge < -0.3 is 20.2 Å². The molecule has 0 saturated carbocycles. The second kappa shape index (κ2) is 7.36. The van der Waals surface area contributed by atoms with Crippen LogP contribution in [0.25, 0.3) is 0 Å². The van der Waals surface area contributed by atoms with Crippen LogP contribution in [-0.4, -0.2) is 46.3 Å². The zero-order valence-corrected chi connectivity index (χ0v) is 14.5. The van der Waals surface area contributed by atoms with Crippen molar-refractivity contribution in [2.75, 3.05) is 36.4 Å². The Morgan fingerprint density at radius 1 is 1.08 bits per heavy atom. The molecular formula is C17H17F3N4OS. The number of nitrogens with zero attached hydrogens (tertiary/aromatic N) is 3. The van der Waals surface area contributed by atoms with E-state index in [1.54, 1.807) is 12.3 Å². The number of anilines is 2. The highest BCUT2D eigenvalue weighted by Gasteiger charge is 2.30. The number of benzene rings is 1. The van der Waals surface area contributed by atoms with Crippen LogP contribution in [0.5, 0.6) is 5.88 Å². The van der Waals surface area contributed by atoms with E-state index in [0.29, 0.717) is 37.0 Å². The van der Waals surface area contributed by atoms with Crippen molar-refractivity contribution >= 4 is 28.7 Å². The molecule has 2 aromatic rings. The predicted molar refractivity (Wildman–Crippen MR) is 97.4 cm³/mol. The van der Waals surface area contributed by atoms with Crippen molar-refractivity contribution in [3.05, 3.63) is 48.2 Å². The Hall–Kier alpha value is -2.55. The molecule has 5 nitrogen and oxygen atoms in total. The number of rotatable bonds is 2. The van der Waals surface area contributed by atoms with E-state index < -0.39 is 11.7 Å². The van der Waals surface area contributed by atoms with Gasteiger partial charge in [-0.25, -0.2) is 4.98 Å². The number of piperazine rings is 1. The van der Waals surface area contributed by atoms with Gasteiger partial charge in [0.25, 0.3) is 0 Å². The van der Waals surface area contributed by atoms with E-state index in [0.717, 1.165) is 17.8 Å². The second-order valence-electron chi connectivity index (χ2n) is 5.85. The zero-order valence-electron chi connectivity index (χ0n) is 13.7. The molecule has 1 aliphatic rings. The Morgan fingerprint density at radius 2 is 1.73 bits per heavy atom. The highest BCUT2D eigenvalue weighted by Crippen LogP contribution is 2.30. The first-order chi connectivity index (χ1) is 12.3. The van der Waals surface area contributed by atoms with Gasteiger partial charge in [0.05, 0.1) is 5.56 Å². The third-order valence-corrected chi connectivity index (χ3v) is 4.48. The maximum atomic E-state index is 12.6. The quantitative estimate of drug-likeness (QED) is 0.778. The lowest BCUT2D eigenvalue weighted by molar-refractivity contribution is -0.137.